The normalized spacial score (nSPS) is 19.4. The lowest BCUT2D eigenvalue weighted by Gasteiger charge is -2.37. The first-order valence-electron chi connectivity index (χ1n) is 6.21. The van der Waals surface area contributed by atoms with E-state index in [4.69, 9.17) is 9.47 Å². The molecule has 1 heterocycles. The molecule has 1 aliphatic heterocycles. The second kappa shape index (κ2) is 6.86. The molecule has 1 fully saturated rings. The highest BCUT2D eigenvalue weighted by Gasteiger charge is 2.34. The molecule has 0 bridgehead atoms. The van der Waals surface area contributed by atoms with Crippen LogP contribution in [-0.2, 0) is 14.3 Å². The van der Waals surface area contributed by atoms with Crippen LogP contribution in [0.5, 0.6) is 0 Å². The van der Waals surface area contributed by atoms with E-state index in [1.54, 1.807) is 0 Å². The number of hydrogen-bond acceptors (Lipinski definition) is 4. The van der Waals surface area contributed by atoms with Crippen molar-refractivity contribution in [1.82, 2.24) is 5.32 Å². The van der Waals surface area contributed by atoms with Gasteiger partial charge in [0.05, 0.1) is 13.0 Å². The van der Waals surface area contributed by atoms with Crippen molar-refractivity contribution in [3.8, 4) is 0 Å². The second-order valence-electron chi connectivity index (χ2n) is 4.30. The van der Waals surface area contributed by atoms with Crippen LogP contribution in [0.25, 0.3) is 0 Å². The molecule has 0 amide bonds. The molecule has 1 N–H and O–H groups in total. The van der Waals surface area contributed by atoms with Gasteiger partial charge in [0.2, 0.25) is 0 Å². The van der Waals surface area contributed by atoms with Gasteiger partial charge in [-0.1, -0.05) is 6.92 Å². The maximum Gasteiger partial charge on any atom is 0.307 e. The first-order chi connectivity index (χ1) is 7.72. The van der Waals surface area contributed by atoms with E-state index < -0.39 is 0 Å². The Kier molecular flexibility index (Phi) is 5.77. The van der Waals surface area contributed by atoms with Crippen molar-refractivity contribution in [1.29, 1.82) is 0 Å². The fourth-order valence-electron chi connectivity index (χ4n) is 2.06. The molecular formula is C12H23NO3. The molecule has 0 unspecified atom stereocenters. The molecule has 0 aromatic carbocycles. The zero-order chi connectivity index (χ0) is 11.9. The first-order valence-corrected chi connectivity index (χ1v) is 6.21. The van der Waals surface area contributed by atoms with E-state index in [0.29, 0.717) is 13.0 Å². The van der Waals surface area contributed by atoms with Crippen molar-refractivity contribution < 1.29 is 14.3 Å². The van der Waals surface area contributed by atoms with Gasteiger partial charge in [0, 0.05) is 18.8 Å². The van der Waals surface area contributed by atoms with Gasteiger partial charge in [0.1, 0.15) is 0 Å². The van der Waals surface area contributed by atoms with Crippen LogP contribution < -0.4 is 5.32 Å². The lowest BCUT2D eigenvalue weighted by molar-refractivity contribution is -0.146. The van der Waals surface area contributed by atoms with Crippen LogP contribution in [0, 0.1) is 0 Å². The molecule has 1 aliphatic rings. The van der Waals surface area contributed by atoms with Gasteiger partial charge in [0.15, 0.2) is 0 Å². The fourth-order valence-corrected chi connectivity index (χ4v) is 2.06. The Balaban J connectivity index is 2.51. The highest BCUT2D eigenvalue weighted by atomic mass is 16.5. The quantitative estimate of drug-likeness (QED) is 0.701. The molecule has 16 heavy (non-hydrogen) atoms. The summed E-state index contributed by atoms with van der Waals surface area (Å²) in [5, 5.41) is 3.49. The average molecular weight is 229 g/mol. The van der Waals surface area contributed by atoms with Crippen molar-refractivity contribution >= 4 is 5.97 Å². The summed E-state index contributed by atoms with van der Waals surface area (Å²) in [5.74, 6) is -0.104. The number of ether oxygens (including phenoxy) is 2. The fraction of sp³-hybridized carbons (Fsp3) is 0.917. The highest BCUT2D eigenvalue weighted by Crippen LogP contribution is 2.25. The summed E-state index contributed by atoms with van der Waals surface area (Å²) in [6.45, 7) is 6.84. The summed E-state index contributed by atoms with van der Waals surface area (Å²) in [4.78, 5) is 11.6. The summed E-state index contributed by atoms with van der Waals surface area (Å²) in [7, 11) is 0. The van der Waals surface area contributed by atoms with E-state index in [-0.39, 0.29) is 11.5 Å². The van der Waals surface area contributed by atoms with Crippen LogP contribution in [0.1, 0.15) is 39.5 Å². The summed E-state index contributed by atoms with van der Waals surface area (Å²) in [6.07, 6.45) is 3.33. The van der Waals surface area contributed by atoms with Crippen LogP contribution in [-0.4, -0.2) is 37.9 Å². The highest BCUT2D eigenvalue weighted by molar-refractivity contribution is 5.71. The van der Waals surface area contributed by atoms with Crippen molar-refractivity contribution in [2.75, 3.05) is 26.4 Å². The minimum Gasteiger partial charge on any atom is -0.466 e. The Morgan fingerprint density at radius 1 is 1.38 bits per heavy atom. The first kappa shape index (κ1) is 13.5. The number of carbonyl (C=O) groups is 1. The van der Waals surface area contributed by atoms with Crippen molar-refractivity contribution in [3.63, 3.8) is 0 Å². The minimum absolute atomic E-state index is 0.0967. The lowest BCUT2D eigenvalue weighted by atomic mass is 9.86. The van der Waals surface area contributed by atoms with Crippen LogP contribution in [0.2, 0.25) is 0 Å². The van der Waals surface area contributed by atoms with Gasteiger partial charge in [-0.25, -0.2) is 0 Å². The SMILES string of the molecule is CCCNC1(CC(=O)OCC)CCOCC1. The maximum atomic E-state index is 11.6. The van der Waals surface area contributed by atoms with Crippen LogP contribution in [0.15, 0.2) is 0 Å². The van der Waals surface area contributed by atoms with E-state index >= 15 is 0 Å². The molecule has 0 aliphatic carbocycles. The zero-order valence-electron chi connectivity index (χ0n) is 10.4. The molecule has 0 radical (unpaired) electrons. The monoisotopic (exact) mass is 229 g/mol. The average Bonchev–Trinajstić information content (AvgIpc) is 2.28. The van der Waals surface area contributed by atoms with Gasteiger partial charge in [-0.2, -0.15) is 0 Å². The molecule has 0 aromatic rings. The number of rotatable bonds is 6. The molecule has 0 aromatic heterocycles. The summed E-state index contributed by atoms with van der Waals surface area (Å²) in [6, 6.07) is 0. The third kappa shape index (κ3) is 4.10. The van der Waals surface area contributed by atoms with Gasteiger partial charge in [-0.05, 0) is 32.7 Å². The molecule has 0 saturated carbocycles. The zero-order valence-corrected chi connectivity index (χ0v) is 10.4. The van der Waals surface area contributed by atoms with E-state index in [1.165, 1.54) is 0 Å². The van der Waals surface area contributed by atoms with Crippen molar-refractivity contribution in [2.24, 2.45) is 0 Å². The van der Waals surface area contributed by atoms with E-state index in [0.717, 1.165) is 39.0 Å². The van der Waals surface area contributed by atoms with Crippen molar-refractivity contribution in [2.45, 2.75) is 45.1 Å². The summed E-state index contributed by atoms with van der Waals surface area (Å²) in [5.41, 5.74) is -0.0967. The molecule has 0 spiro atoms. The van der Waals surface area contributed by atoms with Gasteiger partial charge in [0.25, 0.3) is 0 Å². The van der Waals surface area contributed by atoms with Crippen LogP contribution >= 0.6 is 0 Å². The summed E-state index contributed by atoms with van der Waals surface area (Å²) < 4.78 is 10.4. The molecule has 1 rings (SSSR count). The largest absolute Gasteiger partial charge is 0.466 e. The molecule has 4 heteroatoms. The Morgan fingerprint density at radius 2 is 2.06 bits per heavy atom. The van der Waals surface area contributed by atoms with E-state index in [1.807, 2.05) is 6.92 Å². The maximum absolute atomic E-state index is 11.6. The Labute approximate surface area is 97.7 Å². The second-order valence-corrected chi connectivity index (χ2v) is 4.30. The van der Waals surface area contributed by atoms with Crippen molar-refractivity contribution in [3.05, 3.63) is 0 Å². The third-order valence-electron chi connectivity index (χ3n) is 2.99. The predicted octanol–water partition coefficient (Wildman–Crippen LogP) is 1.49. The predicted molar refractivity (Wildman–Crippen MR) is 62.3 cm³/mol. The van der Waals surface area contributed by atoms with E-state index in [9.17, 15) is 4.79 Å². The number of carbonyl (C=O) groups excluding carboxylic acids is 1. The summed E-state index contributed by atoms with van der Waals surface area (Å²) >= 11 is 0. The molecule has 1 saturated heterocycles. The number of esters is 1. The van der Waals surface area contributed by atoms with Gasteiger partial charge in [-0.15, -0.1) is 0 Å². The van der Waals surface area contributed by atoms with Gasteiger partial charge < -0.3 is 14.8 Å². The van der Waals surface area contributed by atoms with Crippen LogP contribution in [0.3, 0.4) is 0 Å². The minimum atomic E-state index is -0.104. The third-order valence-corrected chi connectivity index (χ3v) is 2.99. The topological polar surface area (TPSA) is 47.6 Å². The van der Waals surface area contributed by atoms with Gasteiger partial charge in [-0.3, -0.25) is 4.79 Å². The smallest absolute Gasteiger partial charge is 0.307 e. The molecule has 4 nitrogen and oxygen atoms in total. The Bertz CT molecular complexity index is 212. The Hall–Kier alpha value is -0.610. The number of nitrogens with one attached hydrogen (secondary N) is 1. The molecular weight excluding hydrogens is 206 g/mol. The van der Waals surface area contributed by atoms with Crippen LogP contribution in [0.4, 0.5) is 0 Å². The Morgan fingerprint density at radius 3 is 2.62 bits per heavy atom. The number of hydrogen-bond donors (Lipinski definition) is 1. The van der Waals surface area contributed by atoms with Gasteiger partial charge >= 0.3 is 5.97 Å². The lowest BCUT2D eigenvalue weighted by Crippen LogP contribution is -2.51. The van der Waals surface area contributed by atoms with E-state index in [2.05, 4.69) is 12.2 Å². The molecule has 0 atom stereocenters. The standard InChI is InChI=1S/C12H23NO3/c1-3-7-13-12(5-8-15-9-6-12)10-11(14)16-4-2/h13H,3-10H2,1-2H3. The molecule has 94 valence electrons.